The number of carboxylic acids is 1. The van der Waals surface area contributed by atoms with Crippen LogP contribution in [0.4, 0.5) is 0 Å². The molecule has 0 saturated carbocycles. The summed E-state index contributed by atoms with van der Waals surface area (Å²) in [7, 11) is 0. The number of ether oxygens (including phenoxy) is 1. The van der Waals surface area contributed by atoms with Gasteiger partial charge in [-0.3, -0.25) is 0 Å². The number of benzene rings is 2. The van der Waals surface area contributed by atoms with E-state index in [4.69, 9.17) is 15.6 Å². The van der Waals surface area contributed by atoms with Crippen LogP contribution in [0.15, 0.2) is 48.5 Å². The molecule has 0 unspecified atom stereocenters. The van der Waals surface area contributed by atoms with Crippen molar-refractivity contribution in [3.05, 3.63) is 54.1 Å². The molecule has 0 aromatic heterocycles. The van der Waals surface area contributed by atoms with Crippen LogP contribution in [-0.2, 0) is 0 Å². The van der Waals surface area contributed by atoms with Crippen LogP contribution in [0.5, 0.6) is 5.75 Å². The van der Waals surface area contributed by atoms with Crippen molar-refractivity contribution in [3.63, 3.8) is 0 Å². The molecule has 0 amide bonds. The van der Waals surface area contributed by atoms with Crippen molar-refractivity contribution in [3.8, 4) is 16.9 Å². The van der Waals surface area contributed by atoms with Crippen molar-refractivity contribution in [1.29, 1.82) is 0 Å². The summed E-state index contributed by atoms with van der Waals surface area (Å²) in [6, 6.07) is 14.6. The first-order valence-corrected chi connectivity index (χ1v) is 6.48. The van der Waals surface area contributed by atoms with Gasteiger partial charge in [-0.2, -0.15) is 0 Å². The summed E-state index contributed by atoms with van der Waals surface area (Å²) in [5.41, 5.74) is 7.54. The molecular weight excluding hydrogens is 254 g/mol. The van der Waals surface area contributed by atoms with Crippen molar-refractivity contribution in [2.45, 2.75) is 6.42 Å². The lowest BCUT2D eigenvalue weighted by Crippen LogP contribution is -2.07. The van der Waals surface area contributed by atoms with E-state index in [0.29, 0.717) is 18.9 Å². The number of aromatic carboxylic acids is 1. The minimum Gasteiger partial charge on any atom is -0.493 e. The molecule has 0 bridgehead atoms. The first-order valence-electron chi connectivity index (χ1n) is 6.48. The second-order valence-electron chi connectivity index (χ2n) is 4.37. The quantitative estimate of drug-likeness (QED) is 0.792. The van der Waals surface area contributed by atoms with E-state index in [1.165, 1.54) is 0 Å². The number of carbonyl (C=O) groups is 1. The predicted octanol–water partition coefficient (Wildman–Crippen LogP) is 2.78. The van der Waals surface area contributed by atoms with Crippen LogP contribution < -0.4 is 10.5 Å². The third kappa shape index (κ3) is 3.36. The van der Waals surface area contributed by atoms with Gasteiger partial charge < -0.3 is 15.6 Å². The maximum atomic E-state index is 11.1. The molecule has 0 aliphatic carbocycles. The Balaban J connectivity index is 2.37. The molecule has 2 aromatic rings. The van der Waals surface area contributed by atoms with Gasteiger partial charge in [0.05, 0.1) is 12.2 Å². The minimum atomic E-state index is -0.965. The Kier molecular flexibility index (Phi) is 4.74. The molecule has 0 saturated heterocycles. The van der Waals surface area contributed by atoms with Crippen LogP contribution in [0.25, 0.3) is 11.1 Å². The van der Waals surface area contributed by atoms with Gasteiger partial charge in [0.25, 0.3) is 0 Å². The highest BCUT2D eigenvalue weighted by molar-refractivity contribution is 5.89. The molecule has 0 aliphatic rings. The van der Waals surface area contributed by atoms with Gasteiger partial charge in [0.2, 0.25) is 0 Å². The maximum Gasteiger partial charge on any atom is 0.335 e. The topological polar surface area (TPSA) is 72.5 Å². The Labute approximate surface area is 117 Å². The van der Waals surface area contributed by atoms with Crippen molar-refractivity contribution >= 4 is 5.97 Å². The van der Waals surface area contributed by atoms with E-state index in [1.807, 2.05) is 30.3 Å². The zero-order chi connectivity index (χ0) is 14.4. The van der Waals surface area contributed by atoms with Gasteiger partial charge in [0.15, 0.2) is 0 Å². The van der Waals surface area contributed by atoms with Gasteiger partial charge in [-0.1, -0.05) is 30.3 Å². The normalized spacial score (nSPS) is 10.2. The summed E-state index contributed by atoms with van der Waals surface area (Å²) < 4.78 is 5.68. The molecule has 20 heavy (non-hydrogen) atoms. The Morgan fingerprint density at radius 3 is 2.55 bits per heavy atom. The first kappa shape index (κ1) is 14.1. The van der Waals surface area contributed by atoms with Crippen LogP contribution in [0.1, 0.15) is 16.8 Å². The molecule has 3 N–H and O–H groups in total. The number of hydrogen-bond donors (Lipinski definition) is 2. The molecule has 2 rings (SSSR count). The van der Waals surface area contributed by atoms with Crippen molar-refractivity contribution < 1.29 is 14.6 Å². The van der Waals surface area contributed by atoms with E-state index in [-0.39, 0.29) is 5.56 Å². The standard InChI is InChI=1S/C16H17NO3/c17-9-4-10-20-15-11-13(16(18)19)7-8-14(15)12-5-2-1-3-6-12/h1-3,5-8,11H,4,9-10,17H2,(H,18,19). The van der Waals surface area contributed by atoms with Crippen LogP contribution in [0.2, 0.25) is 0 Å². The fraction of sp³-hybridized carbons (Fsp3) is 0.188. The van der Waals surface area contributed by atoms with Gasteiger partial charge >= 0.3 is 5.97 Å². The van der Waals surface area contributed by atoms with Gasteiger partial charge in [0.1, 0.15) is 5.75 Å². The second kappa shape index (κ2) is 6.73. The average molecular weight is 271 g/mol. The minimum absolute atomic E-state index is 0.215. The van der Waals surface area contributed by atoms with Crippen LogP contribution in [-0.4, -0.2) is 24.2 Å². The molecule has 0 spiro atoms. The zero-order valence-electron chi connectivity index (χ0n) is 11.1. The first-order chi connectivity index (χ1) is 9.72. The van der Waals surface area contributed by atoms with E-state index in [2.05, 4.69) is 0 Å². The number of carboxylic acid groups (broad SMARTS) is 1. The van der Waals surface area contributed by atoms with E-state index >= 15 is 0 Å². The Hall–Kier alpha value is -2.33. The number of rotatable bonds is 6. The molecular formula is C16H17NO3. The molecule has 0 atom stereocenters. The van der Waals surface area contributed by atoms with E-state index < -0.39 is 5.97 Å². The molecule has 0 aliphatic heterocycles. The van der Waals surface area contributed by atoms with Crippen molar-refractivity contribution in [2.75, 3.05) is 13.2 Å². The molecule has 4 nitrogen and oxygen atoms in total. The fourth-order valence-corrected chi connectivity index (χ4v) is 1.90. The summed E-state index contributed by atoms with van der Waals surface area (Å²) in [6.45, 7) is 1.01. The predicted molar refractivity (Wildman–Crippen MR) is 78.0 cm³/mol. The molecule has 0 heterocycles. The third-order valence-electron chi connectivity index (χ3n) is 2.92. The lowest BCUT2D eigenvalue weighted by Gasteiger charge is -2.12. The molecule has 4 heteroatoms. The lowest BCUT2D eigenvalue weighted by molar-refractivity contribution is 0.0696. The fourth-order valence-electron chi connectivity index (χ4n) is 1.90. The zero-order valence-corrected chi connectivity index (χ0v) is 11.1. The van der Waals surface area contributed by atoms with E-state index in [1.54, 1.807) is 18.2 Å². The van der Waals surface area contributed by atoms with Crippen LogP contribution in [0.3, 0.4) is 0 Å². The van der Waals surface area contributed by atoms with Gasteiger partial charge in [0, 0.05) is 5.56 Å². The molecule has 0 fully saturated rings. The van der Waals surface area contributed by atoms with Gasteiger partial charge in [-0.05, 0) is 36.7 Å². The maximum absolute atomic E-state index is 11.1. The third-order valence-corrected chi connectivity index (χ3v) is 2.92. The Bertz CT molecular complexity index is 582. The summed E-state index contributed by atoms with van der Waals surface area (Å²) >= 11 is 0. The monoisotopic (exact) mass is 271 g/mol. The molecule has 2 aromatic carbocycles. The second-order valence-corrected chi connectivity index (χ2v) is 4.37. The highest BCUT2D eigenvalue weighted by atomic mass is 16.5. The van der Waals surface area contributed by atoms with E-state index in [9.17, 15) is 4.79 Å². The van der Waals surface area contributed by atoms with Gasteiger partial charge in [-0.15, -0.1) is 0 Å². The van der Waals surface area contributed by atoms with Crippen molar-refractivity contribution in [1.82, 2.24) is 0 Å². The summed E-state index contributed by atoms with van der Waals surface area (Å²) in [4.78, 5) is 11.1. The van der Waals surface area contributed by atoms with Crippen molar-refractivity contribution in [2.24, 2.45) is 5.73 Å². The molecule has 104 valence electrons. The van der Waals surface area contributed by atoms with Gasteiger partial charge in [-0.25, -0.2) is 4.79 Å². The summed E-state index contributed by atoms with van der Waals surface area (Å²) in [5.74, 6) is -0.391. The average Bonchev–Trinajstić information content (AvgIpc) is 2.48. The largest absolute Gasteiger partial charge is 0.493 e. The van der Waals surface area contributed by atoms with Crippen LogP contribution in [0, 0.1) is 0 Å². The smallest absolute Gasteiger partial charge is 0.335 e. The Morgan fingerprint density at radius 2 is 1.90 bits per heavy atom. The Morgan fingerprint density at radius 1 is 1.15 bits per heavy atom. The summed E-state index contributed by atoms with van der Waals surface area (Å²) in [5, 5.41) is 9.07. The van der Waals surface area contributed by atoms with E-state index in [0.717, 1.165) is 17.5 Å². The SMILES string of the molecule is NCCCOc1cc(C(=O)O)ccc1-c1ccccc1. The highest BCUT2D eigenvalue weighted by Crippen LogP contribution is 2.31. The lowest BCUT2D eigenvalue weighted by atomic mass is 10.0. The highest BCUT2D eigenvalue weighted by Gasteiger charge is 2.11. The molecule has 0 radical (unpaired) electrons. The number of hydrogen-bond acceptors (Lipinski definition) is 3. The summed E-state index contributed by atoms with van der Waals surface area (Å²) in [6.07, 6.45) is 0.728. The van der Waals surface area contributed by atoms with Crippen LogP contribution >= 0.6 is 0 Å². The number of nitrogens with two attached hydrogens (primary N) is 1.